The highest BCUT2D eigenvalue weighted by atomic mass is 127. The van der Waals surface area contributed by atoms with Gasteiger partial charge in [0.15, 0.2) is 0 Å². The summed E-state index contributed by atoms with van der Waals surface area (Å²) in [5, 5.41) is 0. The van der Waals surface area contributed by atoms with Gasteiger partial charge in [-0.1, -0.05) is 13.0 Å². The predicted molar refractivity (Wildman–Crippen MR) is 55.1 cm³/mol. The van der Waals surface area contributed by atoms with Crippen LogP contribution in [0.3, 0.4) is 0 Å². The van der Waals surface area contributed by atoms with E-state index in [2.05, 4.69) is 39.5 Å². The molecule has 0 atom stereocenters. The summed E-state index contributed by atoms with van der Waals surface area (Å²) in [4.78, 5) is 7.86. The van der Waals surface area contributed by atoms with Crippen molar-refractivity contribution in [3.63, 3.8) is 0 Å². The Morgan fingerprint density at radius 1 is 1.60 bits per heavy atom. The SMILES string of the molecule is CC=NC=N/C(I)=C/CC. The number of rotatable bonds is 3. The van der Waals surface area contributed by atoms with Gasteiger partial charge in [0.25, 0.3) is 0 Å². The lowest BCUT2D eigenvalue weighted by molar-refractivity contribution is 1.21. The van der Waals surface area contributed by atoms with Gasteiger partial charge >= 0.3 is 0 Å². The van der Waals surface area contributed by atoms with Crippen LogP contribution >= 0.6 is 22.6 Å². The molecule has 0 rings (SSSR count). The van der Waals surface area contributed by atoms with Crippen LogP contribution in [0.2, 0.25) is 0 Å². The largest absolute Gasteiger partial charge is 0.249 e. The lowest BCUT2D eigenvalue weighted by atomic mass is 10.5. The summed E-state index contributed by atoms with van der Waals surface area (Å²) in [6.07, 6.45) is 6.32. The molecular weight excluding hydrogens is 239 g/mol. The molecule has 0 aromatic carbocycles. The van der Waals surface area contributed by atoms with Gasteiger partial charge in [-0.3, -0.25) is 0 Å². The van der Waals surface area contributed by atoms with E-state index in [4.69, 9.17) is 0 Å². The molecule has 0 aromatic heterocycles. The first-order chi connectivity index (χ1) is 4.81. The highest BCUT2D eigenvalue weighted by Gasteiger charge is 1.79. The summed E-state index contributed by atoms with van der Waals surface area (Å²) in [6, 6.07) is 0. The second kappa shape index (κ2) is 6.92. The normalized spacial score (nSPS) is 13.7. The van der Waals surface area contributed by atoms with E-state index in [1.165, 1.54) is 0 Å². The molecule has 0 N–H and O–H groups in total. The van der Waals surface area contributed by atoms with Gasteiger partial charge in [-0.25, -0.2) is 9.98 Å². The second-order valence-electron chi connectivity index (χ2n) is 1.59. The van der Waals surface area contributed by atoms with Crippen molar-refractivity contribution in [2.45, 2.75) is 20.3 Å². The maximum atomic E-state index is 4.03. The molecular formula is C7H11IN2. The highest BCUT2D eigenvalue weighted by molar-refractivity contribution is 14.1. The van der Waals surface area contributed by atoms with Crippen LogP contribution in [0.4, 0.5) is 0 Å². The monoisotopic (exact) mass is 250 g/mol. The van der Waals surface area contributed by atoms with Gasteiger partial charge in [0.05, 0.1) is 3.70 Å². The van der Waals surface area contributed by atoms with E-state index in [1.807, 2.05) is 13.0 Å². The fraction of sp³-hybridized carbons (Fsp3) is 0.429. The number of hydrogen-bond acceptors (Lipinski definition) is 1. The Balaban J connectivity index is 3.76. The zero-order chi connectivity index (χ0) is 7.82. The Labute approximate surface area is 75.3 Å². The second-order valence-corrected chi connectivity index (χ2v) is 2.69. The Kier molecular flexibility index (Phi) is 6.79. The van der Waals surface area contributed by atoms with Crippen molar-refractivity contribution in [2.24, 2.45) is 9.98 Å². The Morgan fingerprint density at radius 3 is 2.80 bits per heavy atom. The van der Waals surface area contributed by atoms with Crippen molar-refractivity contribution in [3.8, 4) is 0 Å². The average Bonchev–Trinajstić information content (AvgIpc) is 1.89. The van der Waals surface area contributed by atoms with Crippen molar-refractivity contribution in [3.05, 3.63) is 9.78 Å². The third kappa shape index (κ3) is 5.94. The summed E-state index contributed by atoms with van der Waals surface area (Å²) >= 11 is 2.17. The van der Waals surface area contributed by atoms with Gasteiger partial charge in [-0.2, -0.15) is 0 Å². The highest BCUT2D eigenvalue weighted by Crippen LogP contribution is 2.06. The zero-order valence-electron chi connectivity index (χ0n) is 6.21. The van der Waals surface area contributed by atoms with E-state index in [0.29, 0.717) is 0 Å². The number of hydrogen-bond donors (Lipinski definition) is 0. The van der Waals surface area contributed by atoms with Crippen LogP contribution in [0.5, 0.6) is 0 Å². The molecule has 0 aliphatic heterocycles. The van der Waals surface area contributed by atoms with Crippen LogP contribution in [-0.2, 0) is 0 Å². The van der Waals surface area contributed by atoms with Gasteiger partial charge in [0.2, 0.25) is 0 Å². The van der Waals surface area contributed by atoms with Gasteiger partial charge in [0.1, 0.15) is 6.34 Å². The van der Waals surface area contributed by atoms with Crippen molar-refractivity contribution < 1.29 is 0 Å². The Hall–Kier alpha value is -0.190. The average molecular weight is 250 g/mol. The summed E-state index contributed by atoms with van der Waals surface area (Å²) < 4.78 is 0.991. The maximum Gasteiger partial charge on any atom is 0.116 e. The van der Waals surface area contributed by atoms with Crippen LogP contribution in [-0.4, -0.2) is 12.6 Å². The third-order valence-electron chi connectivity index (χ3n) is 0.769. The van der Waals surface area contributed by atoms with Crippen LogP contribution in [0.25, 0.3) is 0 Å². The quantitative estimate of drug-likeness (QED) is 0.318. The molecule has 0 heterocycles. The molecule has 0 unspecified atom stereocenters. The molecule has 0 aliphatic rings. The van der Waals surface area contributed by atoms with Crippen molar-refractivity contribution in [2.75, 3.05) is 0 Å². The molecule has 10 heavy (non-hydrogen) atoms. The summed E-state index contributed by atoms with van der Waals surface area (Å²) in [5.41, 5.74) is 0. The van der Waals surface area contributed by atoms with E-state index < -0.39 is 0 Å². The zero-order valence-corrected chi connectivity index (χ0v) is 8.37. The first kappa shape index (κ1) is 9.81. The summed E-state index contributed by atoms with van der Waals surface area (Å²) in [6.45, 7) is 3.94. The molecule has 0 spiro atoms. The molecule has 0 radical (unpaired) electrons. The number of nitrogens with zero attached hydrogens (tertiary/aromatic N) is 2. The minimum Gasteiger partial charge on any atom is -0.249 e. The minimum absolute atomic E-state index is 0.991. The molecule has 2 nitrogen and oxygen atoms in total. The van der Waals surface area contributed by atoms with Crippen LogP contribution in [0.15, 0.2) is 19.8 Å². The van der Waals surface area contributed by atoms with E-state index in [1.54, 1.807) is 12.6 Å². The molecule has 0 saturated heterocycles. The number of aliphatic imine (C=N–C) groups is 2. The topological polar surface area (TPSA) is 24.7 Å². The summed E-state index contributed by atoms with van der Waals surface area (Å²) in [7, 11) is 0. The first-order valence-electron chi connectivity index (χ1n) is 3.17. The Bertz CT molecular complexity index is 159. The molecule has 0 bridgehead atoms. The molecule has 0 saturated carbocycles. The van der Waals surface area contributed by atoms with E-state index in [-0.39, 0.29) is 0 Å². The molecule has 56 valence electrons. The predicted octanol–water partition coefficient (Wildman–Crippen LogP) is 2.79. The standard InChI is InChI=1S/C7H11IN2/c1-3-5-7(8)10-6-9-4-2/h4-6H,3H2,1-2H3/b7-5+,9-4?,10-6?. The van der Waals surface area contributed by atoms with Crippen molar-refractivity contribution in [1.82, 2.24) is 0 Å². The van der Waals surface area contributed by atoms with Gasteiger partial charge in [-0.15, -0.1) is 0 Å². The van der Waals surface area contributed by atoms with Crippen molar-refractivity contribution >= 4 is 35.1 Å². The molecule has 3 heteroatoms. The van der Waals surface area contributed by atoms with E-state index in [9.17, 15) is 0 Å². The Morgan fingerprint density at radius 2 is 2.30 bits per heavy atom. The maximum absolute atomic E-state index is 4.03. The van der Waals surface area contributed by atoms with Crippen LogP contribution < -0.4 is 0 Å². The van der Waals surface area contributed by atoms with E-state index >= 15 is 0 Å². The lowest BCUT2D eigenvalue weighted by Gasteiger charge is -1.83. The van der Waals surface area contributed by atoms with E-state index in [0.717, 1.165) is 10.1 Å². The molecule has 0 fully saturated rings. The van der Waals surface area contributed by atoms with Gasteiger partial charge < -0.3 is 0 Å². The minimum atomic E-state index is 0.991. The number of halogens is 1. The smallest absolute Gasteiger partial charge is 0.116 e. The molecule has 0 amide bonds. The first-order valence-corrected chi connectivity index (χ1v) is 4.25. The summed E-state index contributed by atoms with van der Waals surface area (Å²) in [5.74, 6) is 0. The van der Waals surface area contributed by atoms with Crippen LogP contribution in [0.1, 0.15) is 20.3 Å². The van der Waals surface area contributed by atoms with Gasteiger partial charge in [0, 0.05) is 6.21 Å². The fourth-order valence-electron chi connectivity index (χ4n) is 0.376. The lowest BCUT2D eigenvalue weighted by Crippen LogP contribution is -1.67. The molecule has 0 aromatic rings. The van der Waals surface area contributed by atoms with Crippen LogP contribution in [0, 0.1) is 0 Å². The van der Waals surface area contributed by atoms with Gasteiger partial charge in [-0.05, 0) is 35.9 Å². The van der Waals surface area contributed by atoms with Crippen molar-refractivity contribution in [1.29, 1.82) is 0 Å². The molecule has 0 aliphatic carbocycles. The number of allylic oxidation sites excluding steroid dienone is 1. The fourth-order valence-corrected chi connectivity index (χ4v) is 0.941. The third-order valence-corrected chi connectivity index (χ3v) is 1.49.